The fraction of sp³-hybridized carbons (Fsp3) is 0.462. The van der Waals surface area contributed by atoms with Crippen LogP contribution in [0, 0.1) is 5.92 Å². The predicted molar refractivity (Wildman–Crippen MR) is 75.0 cm³/mol. The van der Waals surface area contributed by atoms with Crippen molar-refractivity contribution >= 4 is 28.7 Å². The Morgan fingerprint density at radius 2 is 2.38 bits per heavy atom. The molecule has 1 aliphatic heterocycles. The number of nitrogen functional groups attached to an aromatic ring is 1. The number of pyridine rings is 1. The molecule has 0 spiro atoms. The van der Waals surface area contributed by atoms with E-state index >= 15 is 0 Å². The molecular weight excluding hydrogens is 274 g/mol. The van der Waals surface area contributed by atoms with Crippen molar-refractivity contribution in [3.8, 4) is 0 Å². The van der Waals surface area contributed by atoms with Gasteiger partial charge in [-0.25, -0.2) is 9.78 Å². The highest BCUT2D eigenvalue weighted by Gasteiger charge is 2.48. The summed E-state index contributed by atoms with van der Waals surface area (Å²) in [5, 5.41) is 16.1. The third kappa shape index (κ3) is 1.71. The minimum absolute atomic E-state index is 0.0557. The summed E-state index contributed by atoms with van der Waals surface area (Å²) in [7, 11) is 0. The van der Waals surface area contributed by atoms with Crippen molar-refractivity contribution in [1.82, 2.24) is 15.5 Å². The summed E-state index contributed by atoms with van der Waals surface area (Å²) in [6.45, 7) is 0.766. The lowest BCUT2D eigenvalue weighted by Crippen LogP contribution is -2.43. The van der Waals surface area contributed by atoms with Gasteiger partial charge in [-0.2, -0.15) is 0 Å². The monoisotopic (exact) mass is 289 g/mol. The summed E-state index contributed by atoms with van der Waals surface area (Å²) in [6, 6.07) is 1.82. The molecule has 1 aliphatic carbocycles. The molecule has 4 rings (SSSR count). The van der Waals surface area contributed by atoms with Crippen LogP contribution in [0.1, 0.15) is 12.8 Å². The number of aromatic nitrogens is 2. The molecule has 3 unspecified atom stereocenters. The van der Waals surface area contributed by atoms with Crippen LogP contribution >= 0.6 is 0 Å². The fourth-order valence-electron chi connectivity index (χ4n) is 3.68. The number of fused-ring (bicyclic) bond motifs is 3. The quantitative estimate of drug-likeness (QED) is 0.756. The van der Waals surface area contributed by atoms with E-state index in [9.17, 15) is 4.79 Å². The number of amides is 1. The normalized spacial score (nSPS) is 27.4. The molecule has 2 bridgehead atoms. The summed E-state index contributed by atoms with van der Waals surface area (Å²) >= 11 is 0. The van der Waals surface area contributed by atoms with Gasteiger partial charge in [-0.05, 0) is 24.8 Å². The van der Waals surface area contributed by atoms with Crippen LogP contribution in [0.2, 0.25) is 0 Å². The number of hydrogen-bond acceptors (Lipinski definition) is 6. The molecule has 2 aliphatic rings. The number of rotatable bonds is 2. The van der Waals surface area contributed by atoms with Crippen LogP contribution < -0.4 is 16.0 Å². The largest absolute Gasteiger partial charge is 0.465 e. The van der Waals surface area contributed by atoms with Gasteiger partial charge in [0.2, 0.25) is 5.58 Å². The van der Waals surface area contributed by atoms with E-state index < -0.39 is 6.09 Å². The third-order valence-electron chi connectivity index (χ3n) is 4.55. The number of nitrogens with zero attached hydrogens (tertiary/aromatic N) is 3. The first kappa shape index (κ1) is 12.2. The Hall–Kier alpha value is -2.51. The van der Waals surface area contributed by atoms with Crippen molar-refractivity contribution in [2.45, 2.75) is 24.9 Å². The summed E-state index contributed by atoms with van der Waals surface area (Å²) in [6.07, 6.45) is 2.67. The number of piperidine rings is 1. The summed E-state index contributed by atoms with van der Waals surface area (Å²) in [4.78, 5) is 17.5. The standard InChI is InChI=1S/C13H15N5O3/c14-11-7-3-4-15-12(10(7)21-17-11)18-5-6-1-2-8(18)9(6)16-13(19)20/h3-4,6,8-9,16H,1-2,5H2,(H2,14,17)(H,19,20). The maximum absolute atomic E-state index is 10.9. The molecule has 2 aromatic heterocycles. The average molecular weight is 289 g/mol. The number of anilines is 2. The Morgan fingerprint density at radius 3 is 3.19 bits per heavy atom. The molecule has 2 fully saturated rings. The Morgan fingerprint density at radius 1 is 1.52 bits per heavy atom. The molecule has 0 aromatic carbocycles. The maximum atomic E-state index is 10.9. The van der Waals surface area contributed by atoms with Gasteiger partial charge < -0.3 is 25.6 Å². The Balaban J connectivity index is 1.72. The SMILES string of the molecule is Nc1noc2c(N3CC4CCC3C4NC(=O)O)nccc12. The number of carboxylic acid groups (broad SMARTS) is 1. The lowest BCUT2D eigenvalue weighted by atomic mass is 10.1. The topological polar surface area (TPSA) is 118 Å². The van der Waals surface area contributed by atoms with E-state index in [0.717, 1.165) is 24.8 Å². The zero-order valence-corrected chi connectivity index (χ0v) is 11.2. The van der Waals surface area contributed by atoms with E-state index in [1.165, 1.54) is 0 Å². The van der Waals surface area contributed by atoms with Crippen LogP contribution in [-0.4, -0.2) is 40.0 Å². The van der Waals surface area contributed by atoms with Gasteiger partial charge in [-0.15, -0.1) is 0 Å². The summed E-state index contributed by atoms with van der Waals surface area (Å²) < 4.78 is 5.30. The van der Waals surface area contributed by atoms with E-state index in [1.807, 2.05) is 0 Å². The molecular formula is C13H15N5O3. The third-order valence-corrected chi connectivity index (χ3v) is 4.55. The second kappa shape index (κ2) is 4.24. The van der Waals surface area contributed by atoms with Gasteiger partial charge >= 0.3 is 6.09 Å². The van der Waals surface area contributed by atoms with Crippen LogP contribution in [0.3, 0.4) is 0 Å². The summed E-state index contributed by atoms with van der Waals surface area (Å²) in [5.41, 5.74) is 6.34. The summed E-state index contributed by atoms with van der Waals surface area (Å²) in [5.74, 6) is 1.35. The first-order chi connectivity index (χ1) is 10.1. The molecule has 8 heteroatoms. The van der Waals surface area contributed by atoms with E-state index in [2.05, 4.69) is 20.4 Å². The Labute approximate surface area is 119 Å². The van der Waals surface area contributed by atoms with Crippen LogP contribution in [-0.2, 0) is 0 Å². The Kier molecular flexibility index (Phi) is 2.47. The molecule has 3 heterocycles. The van der Waals surface area contributed by atoms with Crippen LogP contribution in [0.25, 0.3) is 11.0 Å². The first-order valence-corrected chi connectivity index (χ1v) is 6.91. The van der Waals surface area contributed by atoms with E-state index in [0.29, 0.717) is 23.1 Å². The Bertz CT molecular complexity index is 715. The zero-order valence-electron chi connectivity index (χ0n) is 11.2. The van der Waals surface area contributed by atoms with Gasteiger partial charge in [-0.1, -0.05) is 5.16 Å². The lowest BCUT2D eigenvalue weighted by Gasteiger charge is -2.28. The molecule has 21 heavy (non-hydrogen) atoms. The van der Waals surface area contributed by atoms with E-state index in [1.54, 1.807) is 12.3 Å². The molecule has 1 saturated heterocycles. The molecule has 8 nitrogen and oxygen atoms in total. The first-order valence-electron chi connectivity index (χ1n) is 6.91. The number of nitrogens with one attached hydrogen (secondary N) is 1. The predicted octanol–water partition coefficient (Wildman–Crippen LogP) is 1.04. The van der Waals surface area contributed by atoms with Gasteiger partial charge in [0.1, 0.15) is 0 Å². The van der Waals surface area contributed by atoms with Crippen molar-refractivity contribution in [3.05, 3.63) is 12.3 Å². The van der Waals surface area contributed by atoms with Crippen molar-refractivity contribution in [2.75, 3.05) is 17.2 Å². The van der Waals surface area contributed by atoms with Gasteiger partial charge in [0, 0.05) is 12.7 Å². The lowest BCUT2D eigenvalue weighted by molar-refractivity contribution is 0.188. The molecule has 1 saturated carbocycles. The molecule has 4 N–H and O–H groups in total. The van der Waals surface area contributed by atoms with Gasteiger partial charge in [0.25, 0.3) is 0 Å². The average Bonchev–Trinajstić information content (AvgIpc) is 3.12. The molecule has 1 amide bonds. The highest BCUT2D eigenvalue weighted by molar-refractivity contribution is 5.94. The fourth-order valence-corrected chi connectivity index (χ4v) is 3.68. The van der Waals surface area contributed by atoms with Crippen molar-refractivity contribution in [1.29, 1.82) is 0 Å². The van der Waals surface area contributed by atoms with Crippen molar-refractivity contribution < 1.29 is 14.4 Å². The second-order valence-corrected chi connectivity index (χ2v) is 5.61. The zero-order chi connectivity index (χ0) is 14.6. The van der Waals surface area contributed by atoms with Crippen LogP contribution in [0.4, 0.5) is 16.4 Å². The molecule has 2 aromatic rings. The maximum Gasteiger partial charge on any atom is 0.404 e. The minimum Gasteiger partial charge on any atom is -0.465 e. The van der Waals surface area contributed by atoms with E-state index in [4.69, 9.17) is 15.4 Å². The van der Waals surface area contributed by atoms with Crippen LogP contribution in [0.15, 0.2) is 16.8 Å². The number of nitrogens with two attached hydrogens (primary N) is 1. The minimum atomic E-state index is -0.978. The van der Waals surface area contributed by atoms with Crippen molar-refractivity contribution in [3.63, 3.8) is 0 Å². The molecule has 0 radical (unpaired) electrons. The highest BCUT2D eigenvalue weighted by Crippen LogP contribution is 2.42. The molecule has 110 valence electrons. The number of hydrogen-bond donors (Lipinski definition) is 3. The van der Waals surface area contributed by atoms with Gasteiger partial charge in [0.05, 0.1) is 17.5 Å². The van der Waals surface area contributed by atoms with Gasteiger partial charge in [-0.3, -0.25) is 0 Å². The highest BCUT2D eigenvalue weighted by atomic mass is 16.5. The number of carbonyl (C=O) groups is 1. The molecule has 3 atom stereocenters. The van der Waals surface area contributed by atoms with Gasteiger partial charge in [0.15, 0.2) is 11.6 Å². The van der Waals surface area contributed by atoms with E-state index in [-0.39, 0.29) is 12.1 Å². The van der Waals surface area contributed by atoms with Crippen LogP contribution in [0.5, 0.6) is 0 Å². The second-order valence-electron chi connectivity index (χ2n) is 5.61. The van der Waals surface area contributed by atoms with Crippen molar-refractivity contribution in [2.24, 2.45) is 5.92 Å². The smallest absolute Gasteiger partial charge is 0.404 e.